The quantitative estimate of drug-likeness (QED) is 0.920. The Kier molecular flexibility index (Phi) is 4.49. The van der Waals surface area contributed by atoms with Crippen molar-refractivity contribution in [3.63, 3.8) is 0 Å². The highest BCUT2D eigenvalue weighted by Gasteiger charge is 2.34. The minimum Gasteiger partial charge on any atom is -0.490 e. The first-order chi connectivity index (χ1) is 10.6. The summed E-state index contributed by atoms with van der Waals surface area (Å²) in [5.41, 5.74) is 3.27. The van der Waals surface area contributed by atoms with Gasteiger partial charge < -0.3 is 19.7 Å². The minimum absolute atomic E-state index is 0.339. The normalized spacial score (nSPS) is 18.2. The van der Waals surface area contributed by atoms with Gasteiger partial charge in [-0.3, -0.25) is 0 Å². The zero-order valence-corrected chi connectivity index (χ0v) is 12.8. The molecule has 0 fully saturated rings. The minimum atomic E-state index is -2.86. The van der Waals surface area contributed by atoms with Gasteiger partial charge in [0.25, 0.3) is 5.92 Å². The number of rotatable bonds is 4. The van der Waals surface area contributed by atoms with E-state index in [-0.39, 0.29) is 6.54 Å². The molecule has 4 nitrogen and oxygen atoms in total. The van der Waals surface area contributed by atoms with Gasteiger partial charge in [0.2, 0.25) is 0 Å². The van der Waals surface area contributed by atoms with Crippen LogP contribution in [-0.2, 0) is 17.6 Å². The first-order valence-corrected chi connectivity index (χ1v) is 7.70. The second-order valence-corrected chi connectivity index (χ2v) is 5.90. The topological polar surface area (TPSA) is 33.7 Å². The molecule has 0 bridgehead atoms. The molecule has 0 saturated carbocycles. The van der Waals surface area contributed by atoms with Crippen molar-refractivity contribution in [1.29, 1.82) is 0 Å². The van der Waals surface area contributed by atoms with Crippen molar-refractivity contribution in [2.24, 2.45) is 0 Å². The van der Waals surface area contributed by atoms with E-state index in [1.807, 2.05) is 12.1 Å². The Morgan fingerprint density at radius 2 is 2.00 bits per heavy atom. The molecule has 0 spiro atoms. The lowest BCUT2D eigenvalue weighted by molar-refractivity contribution is -0.0574. The van der Waals surface area contributed by atoms with Gasteiger partial charge in [0, 0.05) is 7.11 Å². The summed E-state index contributed by atoms with van der Waals surface area (Å²) in [5.74, 6) is -2.14. The maximum atomic E-state index is 13.9. The van der Waals surface area contributed by atoms with Crippen molar-refractivity contribution in [2.75, 3.05) is 51.4 Å². The Hall–Kier alpha value is -1.40. The third-order valence-electron chi connectivity index (χ3n) is 4.16. The lowest BCUT2D eigenvalue weighted by atomic mass is 10.0. The first-order valence-electron chi connectivity index (χ1n) is 7.70. The van der Waals surface area contributed by atoms with E-state index in [9.17, 15) is 8.78 Å². The third kappa shape index (κ3) is 3.33. The largest absolute Gasteiger partial charge is 0.490 e. The molecule has 122 valence electrons. The summed E-state index contributed by atoms with van der Waals surface area (Å²) in [5, 5.41) is 3.36. The Morgan fingerprint density at radius 3 is 2.73 bits per heavy atom. The molecular weight excluding hydrogens is 290 g/mol. The molecule has 2 aliphatic rings. The molecule has 0 aromatic heterocycles. The summed E-state index contributed by atoms with van der Waals surface area (Å²) in [6, 6.07) is 4.05. The van der Waals surface area contributed by atoms with Crippen molar-refractivity contribution in [3.05, 3.63) is 23.3 Å². The van der Waals surface area contributed by atoms with Gasteiger partial charge in [-0.05, 0) is 49.2 Å². The lowest BCUT2D eigenvalue weighted by Gasteiger charge is -2.34. The van der Waals surface area contributed by atoms with Gasteiger partial charge in [-0.25, -0.2) is 8.78 Å². The number of benzene rings is 1. The number of methoxy groups -OCH3 is 1. The second-order valence-electron chi connectivity index (χ2n) is 5.90. The van der Waals surface area contributed by atoms with E-state index in [0.29, 0.717) is 13.2 Å². The smallest absolute Gasteiger partial charge is 0.287 e. The lowest BCUT2D eigenvalue weighted by Crippen LogP contribution is -2.43. The molecule has 0 amide bonds. The van der Waals surface area contributed by atoms with E-state index in [2.05, 4.69) is 10.1 Å². The fourth-order valence-corrected chi connectivity index (χ4v) is 3.14. The van der Waals surface area contributed by atoms with Crippen LogP contribution in [0.1, 0.15) is 11.1 Å². The van der Waals surface area contributed by atoms with Gasteiger partial charge >= 0.3 is 0 Å². The van der Waals surface area contributed by atoms with Crippen LogP contribution >= 0.6 is 0 Å². The molecule has 0 atom stereocenters. The molecule has 1 aromatic rings. The van der Waals surface area contributed by atoms with Gasteiger partial charge in [0.15, 0.2) is 0 Å². The molecule has 1 aromatic carbocycles. The highest BCUT2D eigenvalue weighted by molar-refractivity contribution is 5.63. The number of nitrogens with zero attached hydrogens (tertiary/aromatic N) is 1. The zero-order valence-electron chi connectivity index (χ0n) is 12.8. The Balaban J connectivity index is 1.87. The van der Waals surface area contributed by atoms with Crippen molar-refractivity contribution >= 4 is 5.69 Å². The summed E-state index contributed by atoms with van der Waals surface area (Å²) in [4.78, 5) is 1.72. The zero-order chi connectivity index (χ0) is 15.6. The molecule has 1 N–H and O–H groups in total. The second kappa shape index (κ2) is 6.38. The first kappa shape index (κ1) is 15.5. The van der Waals surface area contributed by atoms with Crippen LogP contribution < -0.4 is 15.0 Å². The molecule has 6 heteroatoms. The number of alkyl halides is 2. The summed E-state index contributed by atoms with van der Waals surface area (Å²) in [6.07, 6.45) is 1.87. The van der Waals surface area contributed by atoms with Gasteiger partial charge in [0.05, 0.1) is 18.8 Å². The number of halogens is 2. The molecular formula is C16H22F2N2O2. The van der Waals surface area contributed by atoms with Crippen molar-refractivity contribution in [1.82, 2.24) is 5.32 Å². The summed E-state index contributed by atoms with van der Waals surface area (Å²) < 4.78 is 38.1. The summed E-state index contributed by atoms with van der Waals surface area (Å²) in [6.45, 7) is 1.88. The SMILES string of the molecule is COCC(F)(F)CN1CCOc2cc3c(cc21)CCNCC3. The van der Waals surface area contributed by atoms with Gasteiger partial charge in [-0.2, -0.15) is 0 Å². The predicted octanol–water partition coefficient (Wildman–Crippen LogP) is 1.86. The molecule has 2 aliphatic heterocycles. The molecule has 22 heavy (non-hydrogen) atoms. The number of hydrogen-bond acceptors (Lipinski definition) is 4. The van der Waals surface area contributed by atoms with Crippen LogP contribution in [0.3, 0.4) is 0 Å². The van der Waals surface area contributed by atoms with Crippen LogP contribution in [0.4, 0.5) is 14.5 Å². The van der Waals surface area contributed by atoms with E-state index in [0.717, 1.165) is 37.4 Å². The van der Waals surface area contributed by atoms with Gasteiger partial charge in [0.1, 0.15) is 19.0 Å². The number of hydrogen-bond donors (Lipinski definition) is 1. The average Bonchev–Trinajstić information content (AvgIpc) is 2.70. The number of anilines is 1. The monoisotopic (exact) mass is 312 g/mol. The van der Waals surface area contributed by atoms with E-state index < -0.39 is 12.5 Å². The van der Waals surface area contributed by atoms with E-state index in [1.54, 1.807) is 4.90 Å². The Labute approximate surface area is 129 Å². The maximum absolute atomic E-state index is 13.9. The van der Waals surface area contributed by atoms with Crippen LogP contribution in [0.5, 0.6) is 5.75 Å². The summed E-state index contributed by atoms with van der Waals surface area (Å²) in [7, 11) is 1.30. The van der Waals surface area contributed by atoms with Crippen LogP contribution in [-0.4, -0.2) is 52.4 Å². The number of fused-ring (bicyclic) bond motifs is 2. The number of ether oxygens (including phenoxy) is 2. The maximum Gasteiger partial charge on any atom is 0.287 e. The molecule has 0 aliphatic carbocycles. The van der Waals surface area contributed by atoms with Crippen molar-refractivity contribution in [3.8, 4) is 5.75 Å². The predicted molar refractivity (Wildman–Crippen MR) is 81.3 cm³/mol. The number of nitrogens with one attached hydrogen (secondary N) is 1. The third-order valence-corrected chi connectivity index (χ3v) is 4.16. The van der Waals surface area contributed by atoms with Crippen LogP contribution in [0.2, 0.25) is 0 Å². The van der Waals surface area contributed by atoms with E-state index in [1.165, 1.54) is 18.2 Å². The summed E-state index contributed by atoms with van der Waals surface area (Å²) >= 11 is 0. The van der Waals surface area contributed by atoms with E-state index >= 15 is 0 Å². The fourth-order valence-electron chi connectivity index (χ4n) is 3.14. The molecule has 0 saturated heterocycles. The van der Waals surface area contributed by atoms with Gasteiger partial charge in [-0.1, -0.05) is 0 Å². The molecule has 0 unspecified atom stereocenters. The van der Waals surface area contributed by atoms with E-state index in [4.69, 9.17) is 4.74 Å². The average molecular weight is 312 g/mol. The van der Waals surface area contributed by atoms with Gasteiger partial charge in [-0.15, -0.1) is 0 Å². The fraction of sp³-hybridized carbons (Fsp3) is 0.625. The van der Waals surface area contributed by atoms with Crippen LogP contribution in [0.15, 0.2) is 12.1 Å². The Bertz CT molecular complexity index is 537. The standard InChI is InChI=1S/C16H22F2N2O2/c1-21-11-16(17,18)10-20-6-7-22-15-9-13-3-5-19-4-2-12(13)8-14(15)20/h8-9,19H,2-7,10-11H2,1H3. The highest BCUT2D eigenvalue weighted by Crippen LogP contribution is 2.36. The molecule has 3 rings (SSSR count). The molecule has 2 heterocycles. The van der Waals surface area contributed by atoms with Crippen LogP contribution in [0.25, 0.3) is 0 Å². The van der Waals surface area contributed by atoms with Crippen molar-refractivity contribution < 1.29 is 18.3 Å². The highest BCUT2D eigenvalue weighted by atomic mass is 19.3. The van der Waals surface area contributed by atoms with Crippen molar-refractivity contribution in [2.45, 2.75) is 18.8 Å². The Morgan fingerprint density at radius 1 is 1.27 bits per heavy atom. The molecule has 0 radical (unpaired) electrons. The van der Waals surface area contributed by atoms with Crippen LogP contribution in [0, 0.1) is 0 Å².